The van der Waals surface area contributed by atoms with Gasteiger partial charge in [0.1, 0.15) is 5.75 Å². The Morgan fingerprint density at radius 1 is 0.913 bits per heavy atom. The molecule has 238 valence electrons. The van der Waals surface area contributed by atoms with Crippen molar-refractivity contribution in [3.8, 4) is 39.7 Å². The highest BCUT2D eigenvalue weighted by molar-refractivity contribution is 5.75. The summed E-state index contributed by atoms with van der Waals surface area (Å²) in [6.45, 7) is 8.06. The molecule has 0 bridgehead atoms. The van der Waals surface area contributed by atoms with Crippen molar-refractivity contribution >= 4 is 5.97 Å². The van der Waals surface area contributed by atoms with Gasteiger partial charge in [0.05, 0.1) is 5.41 Å². The molecule has 9 nitrogen and oxygen atoms in total. The van der Waals surface area contributed by atoms with Gasteiger partial charge in [-0.15, -0.1) is 0 Å². The van der Waals surface area contributed by atoms with Gasteiger partial charge >= 0.3 is 5.97 Å². The van der Waals surface area contributed by atoms with Crippen molar-refractivity contribution in [1.29, 1.82) is 0 Å². The number of likely N-dealkylation sites (tertiary alicyclic amines) is 1. The number of aromatic nitrogens is 3. The molecule has 1 aliphatic heterocycles. The van der Waals surface area contributed by atoms with Crippen molar-refractivity contribution in [3.05, 3.63) is 108 Å². The summed E-state index contributed by atoms with van der Waals surface area (Å²) < 4.78 is 5.51. The van der Waals surface area contributed by atoms with E-state index in [0.717, 1.165) is 34.5 Å². The summed E-state index contributed by atoms with van der Waals surface area (Å²) in [5, 5.41) is 24.8. The van der Waals surface area contributed by atoms with Crippen LogP contribution in [0.1, 0.15) is 44.9 Å². The maximum Gasteiger partial charge on any atom is 0.310 e. The third kappa shape index (κ3) is 8.44. The number of aliphatic carboxylic acids is 1. The van der Waals surface area contributed by atoms with E-state index in [-0.39, 0.29) is 11.3 Å². The lowest BCUT2D eigenvalue weighted by Gasteiger charge is -2.38. The number of phenolic OH excluding ortho intramolecular Hbond substituents is 1. The van der Waals surface area contributed by atoms with E-state index in [2.05, 4.69) is 20.0 Å². The van der Waals surface area contributed by atoms with E-state index in [1.54, 1.807) is 12.3 Å². The van der Waals surface area contributed by atoms with E-state index in [9.17, 15) is 15.0 Å². The maximum absolute atomic E-state index is 12.2. The predicted octanol–water partition coefficient (Wildman–Crippen LogP) is 6.82. The van der Waals surface area contributed by atoms with Crippen molar-refractivity contribution in [2.24, 2.45) is 11.1 Å². The van der Waals surface area contributed by atoms with E-state index in [1.165, 1.54) is 0 Å². The van der Waals surface area contributed by atoms with Crippen LogP contribution in [0.2, 0.25) is 0 Å². The zero-order valence-electron chi connectivity index (χ0n) is 26.6. The molecule has 0 amide bonds. The standard InChI is InChI=1S/C33H30N4O4.C4H11N/c38-29-20-26(13-14-28(29)24-6-2-1-3-7-24)31-35-30(36-41-31)25-11-9-23(10-12-25)22-37-18-15-33(16-19-37,32(39)40)21-27-8-4-5-17-34-27;1-4(2,3)5/h1-14,17,20,38H,15-16,18-19,21-22H2,(H,39,40);5H2,1-3H3. The second-order valence-electron chi connectivity index (χ2n) is 12.9. The fraction of sp³-hybridized carbons (Fsp3) is 0.297. The molecular weight excluding hydrogens is 578 g/mol. The molecule has 1 fully saturated rings. The summed E-state index contributed by atoms with van der Waals surface area (Å²) in [4.78, 5) is 23.4. The first-order valence-corrected chi connectivity index (χ1v) is 15.5. The lowest BCUT2D eigenvalue weighted by atomic mass is 9.74. The molecule has 4 N–H and O–H groups in total. The molecule has 0 aliphatic carbocycles. The second-order valence-corrected chi connectivity index (χ2v) is 12.9. The Labute approximate surface area is 269 Å². The number of pyridine rings is 1. The number of carboxylic acids is 1. The van der Waals surface area contributed by atoms with E-state index in [1.807, 2.05) is 106 Å². The number of carbonyl (C=O) groups is 1. The molecule has 1 saturated heterocycles. The first-order chi connectivity index (χ1) is 22.0. The molecule has 3 aromatic carbocycles. The number of hydrogen-bond acceptors (Lipinski definition) is 8. The average molecular weight is 620 g/mol. The van der Waals surface area contributed by atoms with Gasteiger partial charge in [-0.2, -0.15) is 4.98 Å². The largest absolute Gasteiger partial charge is 0.507 e. The van der Waals surface area contributed by atoms with Gasteiger partial charge in [-0.1, -0.05) is 65.8 Å². The predicted molar refractivity (Wildman–Crippen MR) is 179 cm³/mol. The molecule has 2 aromatic heterocycles. The van der Waals surface area contributed by atoms with Crippen LogP contribution in [0.4, 0.5) is 0 Å². The summed E-state index contributed by atoms with van der Waals surface area (Å²) in [5.74, 6) is 0.207. The van der Waals surface area contributed by atoms with Crippen LogP contribution in [-0.4, -0.2) is 54.8 Å². The molecule has 3 heterocycles. The molecule has 1 aliphatic rings. The number of aromatic hydroxyl groups is 1. The van der Waals surface area contributed by atoms with Gasteiger partial charge in [-0.05, 0) is 88.2 Å². The van der Waals surface area contributed by atoms with Crippen molar-refractivity contribution in [1.82, 2.24) is 20.0 Å². The Balaban J connectivity index is 0.000000775. The Bertz CT molecular complexity index is 1720. The van der Waals surface area contributed by atoms with Crippen molar-refractivity contribution in [2.45, 2.75) is 52.1 Å². The summed E-state index contributed by atoms with van der Waals surface area (Å²) in [7, 11) is 0. The number of nitrogens with zero attached hydrogens (tertiary/aromatic N) is 4. The highest BCUT2D eigenvalue weighted by Gasteiger charge is 2.41. The zero-order valence-corrected chi connectivity index (χ0v) is 26.6. The summed E-state index contributed by atoms with van der Waals surface area (Å²) >= 11 is 0. The molecular formula is C37H41N5O4. The van der Waals surface area contributed by atoms with Gasteiger partial charge in [0, 0.05) is 47.1 Å². The maximum atomic E-state index is 12.2. The third-order valence-electron chi connectivity index (χ3n) is 7.89. The molecule has 0 unspecified atom stereocenters. The summed E-state index contributed by atoms with van der Waals surface area (Å²) in [6, 6.07) is 28.7. The van der Waals surface area contributed by atoms with Crippen LogP contribution in [0.25, 0.3) is 34.0 Å². The van der Waals surface area contributed by atoms with Crippen LogP contribution >= 0.6 is 0 Å². The minimum absolute atomic E-state index is 0. The quantitative estimate of drug-likeness (QED) is 0.171. The van der Waals surface area contributed by atoms with E-state index < -0.39 is 11.4 Å². The van der Waals surface area contributed by atoms with Crippen LogP contribution in [0.15, 0.2) is 102 Å². The first kappa shape index (κ1) is 32.5. The topological polar surface area (TPSA) is 139 Å². The Morgan fingerprint density at radius 2 is 1.57 bits per heavy atom. The van der Waals surface area contributed by atoms with Crippen LogP contribution in [0, 0.1) is 5.41 Å². The molecule has 0 spiro atoms. The normalized spacial score (nSPS) is 14.7. The van der Waals surface area contributed by atoms with Gasteiger partial charge in [0.25, 0.3) is 5.89 Å². The summed E-state index contributed by atoms with van der Waals surface area (Å²) in [5.41, 5.74) is 9.67. The van der Waals surface area contributed by atoms with E-state index in [4.69, 9.17) is 10.3 Å². The number of benzene rings is 3. The van der Waals surface area contributed by atoms with Crippen molar-refractivity contribution in [2.75, 3.05) is 13.1 Å². The SMILES string of the molecule is CC(C)(C)N.O=C(O)C1(Cc2ccccn2)CCN(Cc2ccc(-c3noc(-c4ccc(-c5ccccc5)c(O)c4)n3)cc2)CC1. The monoisotopic (exact) mass is 619 g/mol. The lowest BCUT2D eigenvalue weighted by molar-refractivity contribution is -0.152. The van der Waals surface area contributed by atoms with Crippen molar-refractivity contribution in [3.63, 3.8) is 0 Å². The average Bonchev–Trinajstić information content (AvgIpc) is 3.53. The number of rotatable bonds is 8. The Kier molecular flexibility index (Phi) is 9.94. The third-order valence-corrected chi connectivity index (χ3v) is 7.89. The first-order valence-electron chi connectivity index (χ1n) is 15.5. The fourth-order valence-corrected chi connectivity index (χ4v) is 5.46. The van der Waals surface area contributed by atoms with Gasteiger partial charge in [-0.25, -0.2) is 0 Å². The Morgan fingerprint density at radius 3 is 2.17 bits per heavy atom. The van der Waals surface area contributed by atoms with Crippen LogP contribution in [0.3, 0.4) is 0 Å². The van der Waals surface area contributed by atoms with Gasteiger partial charge in [0.2, 0.25) is 5.82 Å². The Hall–Kier alpha value is -4.86. The minimum atomic E-state index is -0.774. The van der Waals surface area contributed by atoms with E-state index >= 15 is 0 Å². The van der Waals surface area contributed by atoms with Gasteiger partial charge in [0.15, 0.2) is 0 Å². The molecule has 0 saturated carbocycles. The molecule has 0 atom stereocenters. The second kappa shape index (κ2) is 14.1. The highest BCUT2D eigenvalue weighted by atomic mass is 16.5. The smallest absolute Gasteiger partial charge is 0.310 e. The molecule has 0 radical (unpaired) electrons. The number of hydrogen-bond donors (Lipinski definition) is 3. The molecule has 46 heavy (non-hydrogen) atoms. The van der Waals surface area contributed by atoms with E-state index in [0.29, 0.717) is 49.6 Å². The minimum Gasteiger partial charge on any atom is -0.507 e. The summed E-state index contributed by atoms with van der Waals surface area (Å²) in [6.07, 6.45) is 3.34. The highest BCUT2D eigenvalue weighted by Crippen LogP contribution is 2.36. The number of phenols is 1. The molecule has 9 heteroatoms. The molecule has 5 aromatic rings. The number of piperidine rings is 1. The van der Waals surface area contributed by atoms with Gasteiger partial charge < -0.3 is 20.5 Å². The number of carboxylic acid groups (broad SMARTS) is 1. The van der Waals surface area contributed by atoms with Crippen LogP contribution < -0.4 is 5.73 Å². The van der Waals surface area contributed by atoms with Crippen LogP contribution in [0.5, 0.6) is 5.75 Å². The van der Waals surface area contributed by atoms with Crippen molar-refractivity contribution < 1.29 is 19.5 Å². The van der Waals surface area contributed by atoms with Gasteiger partial charge in [-0.3, -0.25) is 14.7 Å². The number of nitrogens with two attached hydrogens (primary N) is 1. The zero-order chi connectivity index (χ0) is 32.7. The fourth-order valence-electron chi connectivity index (χ4n) is 5.46. The lowest BCUT2D eigenvalue weighted by Crippen LogP contribution is -2.45. The molecule has 6 rings (SSSR count). The van der Waals surface area contributed by atoms with Crippen LogP contribution in [-0.2, 0) is 17.8 Å².